The highest BCUT2D eigenvalue weighted by Crippen LogP contribution is 2.14. The van der Waals surface area contributed by atoms with Crippen molar-refractivity contribution in [3.8, 4) is 0 Å². The van der Waals surface area contributed by atoms with Gasteiger partial charge in [-0.2, -0.15) is 0 Å². The minimum Gasteiger partial charge on any atom is -0.372 e. The first-order valence-corrected chi connectivity index (χ1v) is 3.75. The molecule has 1 rings (SSSR count). The van der Waals surface area contributed by atoms with Crippen LogP contribution in [0.3, 0.4) is 0 Å². The van der Waals surface area contributed by atoms with E-state index in [4.69, 9.17) is 10.5 Å². The lowest BCUT2D eigenvalue weighted by atomic mass is 10.0. The molecule has 0 aromatic rings. The summed E-state index contributed by atoms with van der Waals surface area (Å²) in [5.41, 5.74) is 4.89. The number of carbonyl (C=O) groups is 1. The molecule has 0 atom stereocenters. The summed E-state index contributed by atoms with van der Waals surface area (Å²) in [7, 11) is 0. The molecule has 3 N–H and O–H groups in total. The van der Waals surface area contributed by atoms with Crippen LogP contribution in [0.2, 0.25) is 0 Å². The fraction of sp³-hybridized carbons (Fsp3) is 0.857. The van der Waals surface area contributed by atoms with Gasteiger partial charge in [0, 0.05) is 19.5 Å². The molecule has 1 saturated heterocycles. The molecular formula is C7H14N2O2. The molecule has 0 saturated carbocycles. The van der Waals surface area contributed by atoms with E-state index in [1.54, 1.807) is 0 Å². The molecule has 11 heavy (non-hydrogen) atoms. The average molecular weight is 158 g/mol. The van der Waals surface area contributed by atoms with E-state index < -0.39 is 0 Å². The third-order valence-electron chi connectivity index (χ3n) is 1.80. The van der Waals surface area contributed by atoms with Gasteiger partial charge in [-0.05, 0) is 6.92 Å². The Bertz CT molecular complexity index is 155. The van der Waals surface area contributed by atoms with Gasteiger partial charge in [-0.1, -0.05) is 0 Å². The average Bonchev–Trinajstić information content (AvgIpc) is 1.83. The van der Waals surface area contributed by atoms with Gasteiger partial charge >= 0.3 is 0 Å². The minimum absolute atomic E-state index is 0.0601. The smallest absolute Gasteiger partial charge is 0.219 e. The van der Waals surface area contributed by atoms with Crippen molar-refractivity contribution >= 4 is 5.91 Å². The van der Waals surface area contributed by atoms with E-state index in [1.807, 2.05) is 6.92 Å². The van der Waals surface area contributed by atoms with Gasteiger partial charge in [0.15, 0.2) is 0 Å². The quantitative estimate of drug-likeness (QED) is 0.565. The Labute approximate surface area is 66.1 Å². The Hall–Kier alpha value is -0.610. The van der Waals surface area contributed by atoms with Gasteiger partial charge in [-0.25, -0.2) is 0 Å². The number of rotatable bonds is 4. The summed E-state index contributed by atoms with van der Waals surface area (Å²) in [5, 5.41) is 3.10. The minimum atomic E-state index is -0.305. The summed E-state index contributed by atoms with van der Waals surface area (Å²) in [6.45, 7) is 4.19. The van der Waals surface area contributed by atoms with Gasteiger partial charge in [0.25, 0.3) is 0 Å². The molecule has 4 heteroatoms. The van der Waals surface area contributed by atoms with Crippen LogP contribution in [-0.2, 0) is 9.53 Å². The molecule has 0 radical (unpaired) electrons. The second kappa shape index (κ2) is 3.19. The molecule has 0 aromatic heterocycles. The summed E-state index contributed by atoms with van der Waals surface area (Å²) in [6, 6.07) is 0. The Morgan fingerprint density at radius 2 is 2.36 bits per heavy atom. The lowest BCUT2D eigenvalue weighted by molar-refractivity contribution is -0.122. The number of primary amides is 1. The number of hydrogen-bond donors (Lipinski definition) is 2. The molecule has 0 spiro atoms. The number of amides is 1. The fourth-order valence-electron chi connectivity index (χ4n) is 0.977. The van der Waals surface area contributed by atoms with E-state index in [2.05, 4.69) is 5.32 Å². The van der Waals surface area contributed by atoms with Crippen LogP contribution in [0.25, 0.3) is 0 Å². The van der Waals surface area contributed by atoms with Crippen molar-refractivity contribution in [3.63, 3.8) is 0 Å². The maximum Gasteiger partial charge on any atom is 0.219 e. The van der Waals surface area contributed by atoms with E-state index in [0.29, 0.717) is 13.0 Å². The van der Waals surface area contributed by atoms with Crippen LogP contribution in [0.4, 0.5) is 0 Å². The number of ether oxygens (including phenoxy) is 1. The van der Waals surface area contributed by atoms with Crippen LogP contribution in [0.1, 0.15) is 13.3 Å². The molecule has 0 aromatic carbocycles. The van der Waals surface area contributed by atoms with E-state index >= 15 is 0 Å². The second-order valence-corrected chi connectivity index (χ2v) is 3.12. The monoisotopic (exact) mass is 158 g/mol. The van der Waals surface area contributed by atoms with E-state index in [-0.39, 0.29) is 11.5 Å². The Kier molecular flexibility index (Phi) is 2.46. The highest BCUT2D eigenvalue weighted by Gasteiger charge is 2.32. The molecule has 1 amide bonds. The first kappa shape index (κ1) is 8.49. The molecule has 0 bridgehead atoms. The zero-order valence-electron chi connectivity index (χ0n) is 6.72. The maximum absolute atomic E-state index is 10.3. The summed E-state index contributed by atoms with van der Waals surface area (Å²) in [5.74, 6) is -0.305. The second-order valence-electron chi connectivity index (χ2n) is 3.12. The third kappa shape index (κ3) is 2.48. The Morgan fingerprint density at radius 3 is 2.73 bits per heavy atom. The first-order valence-electron chi connectivity index (χ1n) is 3.75. The van der Waals surface area contributed by atoms with Gasteiger partial charge in [-0.15, -0.1) is 0 Å². The van der Waals surface area contributed by atoms with E-state index in [1.165, 1.54) is 0 Å². The van der Waals surface area contributed by atoms with Crippen LogP contribution in [-0.4, -0.2) is 31.2 Å². The van der Waals surface area contributed by atoms with Crippen molar-refractivity contribution in [2.24, 2.45) is 5.73 Å². The van der Waals surface area contributed by atoms with Crippen molar-refractivity contribution < 1.29 is 9.53 Å². The summed E-state index contributed by atoms with van der Waals surface area (Å²) < 4.78 is 5.41. The zero-order valence-corrected chi connectivity index (χ0v) is 6.72. The molecule has 1 heterocycles. The van der Waals surface area contributed by atoms with E-state index in [9.17, 15) is 4.79 Å². The zero-order chi connectivity index (χ0) is 8.32. The molecule has 0 unspecified atom stereocenters. The third-order valence-corrected chi connectivity index (χ3v) is 1.80. The van der Waals surface area contributed by atoms with Crippen molar-refractivity contribution in [1.82, 2.24) is 5.32 Å². The lowest BCUT2D eigenvalue weighted by Crippen LogP contribution is -2.59. The first-order chi connectivity index (χ1) is 5.12. The van der Waals surface area contributed by atoms with E-state index in [0.717, 1.165) is 13.1 Å². The standard InChI is InChI=1S/C7H14N2O2/c1-7(4-9-5-7)11-3-2-6(8)10/h9H,2-5H2,1H3,(H2,8,10). The van der Waals surface area contributed by atoms with Crippen molar-refractivity contribution in [3.05, 3.63) is 0 Å². The molecule has 64 valence electrons. The largest absolute Gasteiger partial charge is 0.372 e. The lowest BCUT2D eigenvalue weighted by Gasteiger charge is -2.38. The Balaban J connectivity index is 2.07. The van der Waals surface area contributed by atoms with Crippen LogP contribution in [0.15, 0.2) is 0 Å². The highest BCUT2D eigenvalue weighted by atomic mass is 16.5. The molecular weight excluding hydrogens is 144 g/mol. The van der Waals surface area contributed by atoms with Crippen molar-refractivity contribution in [2.75, 3.05) is 19.7 Å². The highest BCUT2D eigenvalue weighted by molar-refractivity contribution is 5.73. The number of hydrogen-bond acceptors (Lipinski definition) is 3. The number of nitrogens with one attached hydrogen (secondary N) is 1. The van der Waals surface area contributed by atoms with Gasteiger partial charge in [0.2, 0.25) is 5.91 Å². The van der Waals surface area contributed by atoms with Crippen molar-refractivity contribution in [2.45, 2.75) is 18.9 Å². The maximum atomic E-state index is 10.3. The Morgan fingerprint density at radius 1 is 1.73 bits per heavy atom. The topological polar surface area (TPSA) is 64.3 Å². The molecule has 0 aliphatic carbocycles. The van der Waals surface area contributed by atoms with Crippen LogP contribution < -0.4 is 11.1 Å². The van der Waals surface area contributed by atoms with Gasteiger partial charge in [0.05, 0.1) is 12.2 Å². The van der Waals surface area contributed by atoms with Gasteiger partial charge in [0.1, 0.15) is 0 Å². The van der Waals surface area contributed by atoms with Crippen molar-refractivity contribution in [1.29, 1.82) is 0 Å². The summed E-state index contributed by atoms with van der Waals surface area (Å²) in [6.07, 6.45) is 0.315. The molecule has 1 aliphatic rings. The van der Waals surface area contributed by atoms with Crippen LogP contribution in [0, 0.1) is 0 Å². The van der Waals surface area contributed by atoms with Crippen LogP contribution in [0.5, 0.6) is 0 Å². The summed E-state index contributed by atoms with van der Waals surface area (Å²) >= 11 is 0. The van der Waals surface area contributed by atoms with Crippen LogP contribution >= 0.6 is 0 Å². The molecule has 4 nitrogen and oxygen atoms in total. The molecule has 1 aliphatic heterocycles. The fourth-order valence-corrected chi connectivity index (χ4v) is 0.977. The predicted octanol–water partition coefficient (Wildman–Crippen LogP) is -0.760. The van der Waals surface area contributed by atoms with Gasteiger partial charge in [-0.3, -0.25) is 4.79 Å². The summed E-state index contributed by atoms with van der Waals surface area (Å²) in [4.78, 5) is 10.3. The normalized spacial score (nSPS) is 20.8. The SMILES string of the molecule is CC1(OCCC(N)=O)CNC1. The van der Waals surface area contributed by atoms with Gasteiger partial charge < -0.3 is 15.8 Å². The molecule has 1 fully saturated rings. The predicted molar refractivity (Wildman–Crippen MR) is 41.0 cm³/mol. The number of carbonyl (C=O) groups excluding carboxylic acids is 1. The number of nitrogens with two attached hydrogens (primary N) is 1.